The zero-order chi connectivity index (χ0) is 26.6. The second-order valence-corrected chi connectivity index (χ2v) is 10.6. The minimum Gasteiger partial charge on any atom is -0.383 e. The van der Waals surface area contributed by atoms with E-state index in [2.05, 4.69) is 72.1 Å². The monoisotopic (exact) mass is 508 g/mol. The highest BCUT2D eigenvalue weighted by molar-refractivity contribution is 6.05. The number of nitrogens with two attached hydrogens (primary N) is 1. The van der Waals surface area contributed by atoms with Gasteiger partial charge in [-0.15, -0.1) is 0 Å². The van der Waals surface area contributed by atoms with Gasteiger partial charge in [-0.2, -0.15) is 0 Å². The maximum Gasteiger partial charge on any atom is 0.132 e. The molecule has 2 N–H and O–H groups in total. The summed E-state index contributed by atoms with van der Waals surface area (Å²) in [5, 5.41) is 0. The van der Waals surface area contributed by atoms with Crippen molar-refractivity contribution >= 4 is 22.9 Å². The number of hydrogen-bond donors (Lipinski definition) is 1. The van der Waals surface area contributed by atoms with Crippen molar-refractivity contribution in [3.8, 4) is 11.3 Å². The molecule has 0 unspecified atom stereocenters. The standard InChI is InChI=1S/C32H40N6/c1-5-29(28-13-8-18-34-32(28)33)36-30-14-15-31(35-22(30)2)25-11-7-12-27(21-25)38-19-16-26(17-20-38)37(4)23(3)24-9-6-10-24/h7-8,11-15,18,21,26H,5-6,9-10,16-17,19-20H2,1-4H3,(H2,33,34). The van der Waals surface area contributed by atoms with Gasteiger partial charge < -0.3 is 15.5 Å². The molecule has 2 aromatic heterocycles. The van der Waals surface area contributed by atoms with Crippen molar-refractivity contribution in [2.24, 2.45) is 4.99 Å². The molecular weight excluding hydrogens is 468 g/mol. The summed E-state index contributed by atoms with van der Waals surface area (Å²) in [5.41, 5.74) is 16.2. The molecule has 1 aromatic carbocycles. The Bertz CT molecular complexity index is 1340. The summed E-state index contributed by atoms with van der Waals surface area (Å²) in [6.45, 7) is 8.58. The van der Waals surface area contributed by atoms with Crippen LogP contribution in [0.5, 0.6) is 0 Å². The predicted molar refractivity (Wildman–Crippen MR) is 159 cm³/mol. The fourth-order valence-electron chi connectivity index (χ4n) is 5.58. The van der Waals surface area contributed by atoms with Crippen LogP contribution in [0.25, 0.3) is 11.3 Å². The van der Waals surface area contributed by atoms with Crippen LogP contribution in [0, 0.1) is 6.92 Å². The van der Waals surface area contributed by atoms with Gasteiger partial charge in [0, 0.05) is 54.9 Å². The lowest BCUT2D eigenvalue weighted by Gasteiger charge is -2.40. The molecule has 2 fully saturated rings. The van der Waals surface area contributed by atoms with Gasteiger partial charge in [0.25, 0.3) is 0 Å². The van der Waals surface area contributed by atoms with Crippen molar-refractivity contribution in [3.63, 3.8) is 0 Å². The molecule has 38 heavy (non-hydrogen) atoms. The number of aliphatic imine (C=N–C) groups is 1. The summed E-state index contributed by atoms with van der Waals surface area (Å²) >= 11 is 0. The Labute approximate surface area is 227 Å². The second-order valence-electron chi connectivity index (χ2n) is 10.6. The molecule has 0 atom stereocenters. The van der Waals surface area contributed by atoms with Crippen LogP contribution in [-0.4, -0.2) is 46.8 Å². The highest BCUT2D eigenvalue weighted by Crippen LogP contribution is 2.33. The molecule has 3 heterocycles. The number of nitrogen functional groups attached to an aromatic ring is 1. The smallest absolute Gasteiger partial charge is 0.132 e. The normalized spacial score (nSPS) is 16.4. The van der Waals surface area contributed by atoms with E-state index in [1.807, 2.05) is 19.1 Å². The number of hydrogen-bond acceptors (Lipinski definition) is 6. The Hall–Kier alpha value is -3.67. The SMILES string of the molecule is CCC(=Nc1ccc(-c2cccc(N3CCC(N(C)C(C)=C4CCC4)CC3)c2)nc1C)c1cccnc1N. The zero-order valence-corrected chi connectivity index (χ0v) is 23.2. The Balaban J connectivity index is 1.30. The van der Waals surface area contributed by atoms with Crippen LogP contribution < -0.4 is 10.6 Å². The van der Waals surface area contributed by atoms with Crippen LogP contribution in [0.3, 0.4) is 0 Å². The first-order valence-corrected chi connectivity index (χ1v) is 14.0. The van der Waals surface area contributed by atoms with Crippen molar-refractivity contribution in [1.82, 2.24) is 14.9 Å². The van der Waals surface area contributed by atoms with Crippen LogP contribution in [0.2, 0.25) is 0 Å². The van der Waals surface area contributed by atoms with E-state index in [1.54, 1.807) is 11.8 Å². The van der Waals surface area contributed by atoms with Gasteiger partial charge in [0.1, 0.15) is 5.82 Å². The Kier molecular flexibility index (Phi) is 7.77. The van der Waals surface area contributed by atoms with Gasteiger partial charge in [0.2, 0.25) is 0 Å². The zero-order valence-electron chi connectivity index (χ0n) is 23.2. The third kappa shape index (κ3) is 5.45. The van der Waals surface area contributed by atoms with Gasteiger partial charge in [-0.25, -0.2) is 4.98 Å². The number of aromatic nitrogens is 2. The Morgan fingerprint density at radius 2 is 1.89 bits per heavy atom. The van der Waals surface area contributed by atoms with Crippen LogP contribution >= 0.6 is 0 Å². The Morgan fingerprint density at radius 1 is 1.11 bits per heavy atom. The quantitative estimate of drug-likeness (QED) is 0.351. The number of benzene rings is 1. The maximum absolute atomic E-state index is 6.10. The largest absolute Gasteiger partial charge is 0.383 e. The van der Waals surface area contributed by atoms with E-state index in [-0.39, 0.29) is 0 Å². The Morgan fingerprint density at radius 3 is 2.55 bits per heavy atom. The van der Waals surface area contributed by atoms with Gasteiger partial charge in [-0.1, -0.05) is 24.6 Å². The molecule has 6 heteroatoms. The van der Waals surface area contributed by atoms with E-state index in [1.165, 1.54) is 43.5 Å². The lowest BCUT2D eigenvalue weighted by Crippen LogP contribution is -2.43. The third-order valence-electron chi connectivity index (χ3n) is 8.31. The molecule has 2 aliphatic rings. The topological polar surface area (TPSA) is 70.6 Å². The molecule has 0 spiro atoms. The highest BCUT2D eigenvalue weighted by Gasteiger charge is 2.25. The highest BCUT2D eigenvalue weighted by atomic mass is 15.2. The fourth-order valence-corrected chi connectivity index (χ4v) is 5.58. The molecule has 1 saturated heterocycles. The minimum absolute atomic E-state index is 0.508. The fraction of sp³-hybridized carbons (Fsp3) is 0.406. The first-order chi connectivity index (χ1) is 18.4. The minimum atomic E-state index is 0.508. The second kappa shape index (κ2) is 11.4. The molecule has 1 aliphatic heterocycles. The number of allylic oxidation sites excluding steroid dienone is 2. The van der Waals surface area contributed by atoms with E-state index >= 15 is 0 Å². The van der Waals surface area contributed by atoms with Crippen LogP contribution in [0.4, 0.5) is 17.2 Å². The lowest BCUT2D eigenvalue weighted by molar-refractivity contribution is 0.252. The third-order valence-corrected chi connectivity index (χ3v) is 8.31. The van der Waals surface area contributed by atoms with Crippen molar-refractivity contribution < 1.29 is 0 Å². The lowest BCUT2D eigenvalue weighted by atomic mass is 9.89. The number of nitrogens with zero attached hydrogens (tertiary/aromatic N) is 5. The molecular formula is C32H40N6. The average molecular weight is 509 g/mol. The average Bonchev–Trinajstić information content (AvgIpc) is 2.91. The molecule has 1 saturated carbocycles. The molecule has 0 bridgehead atoms. The van der Waals surface area contributed by atoms with Gasteiger partial charge >= 0.3 is 0 Å². The van der Waals surface area contributed by atoms with Crippen molar-refractivity contribution in [2.45, 2.75) is 65.3 Å². The molecule has 0 radical (unpaired) electrons. The van der Waals surface area contributed by atoms with E-state index in [0.29, 0.717) is 11.9 Å². The summed E-state index contributed by atoms with van der Waals surface area (Å²) in [6, 6.07) is 17.4. The molecule has 6 nitrogen and oxygen atoms in total. The molecule has 1 aliphatic carbocycles. The van der Waals surface area contributed by atoms with Crippen LogP contribution in [0.15, 0.2) is 71.0 Å². The summed E-state index contributed by atoms with van der Waals surface area (Å²) < 4.78 is 0. The summed E-state index contributed by atoms with van der Waals surface area (Å²) in [4.78, 5) is 19.1. The first kappa shape index (κ1) is 26.0. The van der Waals surface area contributed by atoms with E-state index in [9.17, 15) is 0 Å². The number of piperidine rings is 1. The summed E-state index contributed by atoms with van der Waals surface area (Å²) in [5.74, 6) is 0.508. The summed E-state index contributed by atoms with van der Waals surface area (Å²) in [6.07, 6.45) is 8.80. The van der Waals surface area contributed by atoms with Gasteiger partial charge in [-0.3, -0.25) is 9.98 Å². The van der Waals surface area contributed by atoms with Gasteiger partial charge in [0.15, 0.2) is 0 Å². The number of aryl methyl sites for hydroxylation is 1. The number of anilines is 2. The van der Waals surface area contributed by atoms with E-state index in [4.69, 9.17) is 15.7 Å². The van der Waals surface area contributed by atoms with Crippen molar-refractivity contribution in [1.29, 1.82) is 0 Å². The van der Waals surface area contributed by atoms with Gasteiger partial charge in [0.05, 0.1) is 22.8 Å². The number of pyridine rings is 2. The van der Waals surface area contributed by atoms with Crippen molar-refractivity contribution in [2.75, 3.05) is 30.8 Å². The molecule has 0 amide bonds. The van der Waals surface area contributed by atoms with Gasteiger partial charge in [-0.05, 0) is 88.8 Å². The summed E-state index contributed by atoms with van der Waals surface area (Å²) in [7, 11) is 2.29. The molecule has 198 valence electrons. The first-order valence-electron chi connectivity index (χ1n) is 14.0. The van der Waals surface area contributed by atoms with E-state index < -0.39 is 0 Å². The van der Waals surface area contributed by atoms with Crippen LogP contribution in [0.1, 0.15) is 63.6 Å². The van der Waals surface area contributed by atoms with E-state index in [0.717, 1.165) is 53.4 Å². The molecule has 3 aromatic rings. The number of rotatable bonds is 7. The van der Waals surface area contributed by atoms with Crippen LogP contribution in [-0.2, 0) is 0 Å². The molecule has 5 rings (SSSR count). The maximum atomic E-state index is 6.10. The van der Waals surface area contributed by atoms with Crippen molar-refractivity contribution in [3.05, 3.63) is 77.3 Å². The predicted octanol–water partition coefficient (Wildman–Crippen LogP) is 6.92.